The SMILES string of the molecule is Nc1ccc(-c2ccncc2)cc1NC(=O)c1cc2ccc(OCCN3CCCCC3)cc2o1. The Morgan fingerprint density at radius 2 is 1.82 bits per heavy atom. The third kappa shape index (κ3) is 5.05. The predicted molar refractivity (Wildman–Crippen MR) is 134 cm³/mol. The molecule has 1 amide bonds. The Hall–Kier alpha value is -3.84. The number of hydrogen-bond donors (Lipinski definition) is 2. The van der Waals surface area contributed by atoms with Gasteiger partial charge in [0.25, 0.3) is 5.91 Å². The van der Waals surface area contributed by atoms with Crippen LogP contribution in [0.5, 0.6) is 5.75 Å². The van der Waals surface area contributed by atoms with Crippen LogP contribution in [0.2, 0.25) is 0 Å². The summed E-state index contributed by atoms with van der Waals surface area (Å²) in [7, 11) is 0. The summed E-state index contributed by atoms with van der Waals surface area (Å²) >= 11 is 0. The molecule has 0 unspecified atom stereocenters. The average Bonchev–Trinajstić information content (AvgIpc) is 3.30. The van der Waals surface area contributed by atoms with Crippen LogP contribution in [0.15, 0.2) is 71.4 Å². The quantitative estimate of drug-likeness (QED) is 0.372. The predicted octanol–water partition coefficient (Wildman–Crippen LogP) is 5.19. The number of rotatable bonds is 7. The second kappa shape index (κ2) is 9.97. The molecule has 4 aromatic rings. The number of pyridine rings is 1. The van der Waals surface area contributed by atoms with Gasteiger partial charge in [-0.25, -0.2) is 0 Å². The van der Waals surface area contributed by atoms with Crippen molar-refractivity contribution in [2.75, 3.05) is 37.3 Å². The first-order valence-corrected chi connectivity index (χ1v) is 11.7. The number of anilines is 2. The Bertz CT molecular complexity index is 1280. The van der Waals surface area contributed by atoms with Gasteiger partial charge in [0, 0.05) is 30.4 Å². The van der Waals surface area contributed by atoms with Crippen molar-refractivity contribution in [2.24, 2.45) is 0 Å². The number of nitrogens with zero attached hydrogens (tertiary/aromatic N) is 2. The molecule has 0 spiro atoms. The lowest BCUT2D eigenvalue weighted by Crippen LogP contribution is -2.33. The molecule has 7 nitrogen and oxygen atoms in total. The Kier molecular flexibility index (Phi) is 6.44. The normalized spacial score (nSPS) is 14.2. The van der Waals surface area contributed by atoms with Crippen molar-refractivity contribution in [2.45, 2.75) is 19.3 Å². The van der Waals surface area contributed by atoms with Crippen LogP contribution in [0.4, 0.5) is 11.4 Å². The lowest BCUT2D eigenvalue weighted by molar-refractivity contribution is 0.0998. The molecule has 2 aromatic heterocycles. The molecule has 3 N–H and O–H groups in total. The van der Waals surface area contributed by atoms with E-state index in [-0.39, 0.29) is 11.7 Å². The molecule has 7 heteroatoms. The lowest BCUT2D eigenvalue weighted by atomic mass is 10.1. The van der Waals surface area contributed by atoms with Crippen molar-refractivity contribution in [1.29, 1.82) is 0 Å². The molecular formula is C27H28N4O3. The highest BCUT2D eigenvalue weighted by atomic mass is 16.5. The van der Waals surface area contributed by atoms with Gasteiger partial charge in [0.05, 0.1) is 11.4 Å². The summed E-state index contributed by atoms with van der Waals surface area (Å²) in [6.07, 6.45) is 7.31. The van der Waals surface area contributed by atoms with Gasteiger partial charge in [0.15, 0.2) is 5.76 Å². The van der Waals surface area contributed by atoms with Gasteiger partial charge in [-0.3, -0.25) is 14.7 Å². The van der Waals surface area contributed by atoms with Crippen molar-refractivity contribution in [3.05, 3.63) is 72.8 Å². The Balaban J connectivity index is 1.26. The van der Waals surface area contributed by atoms with Crippen LogP contribution >= 0.6 is 0 Å². The molecule has 3 heterocycles. The zero-order valence-corrected chi connectivity index (χ0v) is 19.0. The summed E-state index contributed by atoms with van der Waals surface area (Å²) in [6.45, 7) is 3.85. The maximum atomic E-state index is 12.9. The number of hydrogen-bond acceptors (Lipinski definition) is 6. The largest absolute Gasteiger partial charge is 0.492 e. The van der Waals surface area contributed by atoms with Crippen LogP contribution in [0.1, 0.15) is 29.8 Å². The van der Waals surface area contributed by atoms with Crippen LogP contribution in [0.25, 0.3) is 22.1 Å². The highest BCUT2D eigenvalue weighted by Gasteiger charge is 2.15. The zero-order chi connectivity index (χ0) is 23.3. The van der Waals surface area contributed by atoms with Crippen molar-refractivity contribution >= 4 is 28.3 Å². The molecular weight excluding hydrogens is 428 g/mol. The van der Waals surface area contributed by atoms with E-state index in [2.05, 4.69) is 15.2 Å². The molecule has 1 aliphatic rings. The monoisotopic (exact) mass is 456 g/mol. The number of carbonyl (C=O) groups excluding carboxylic acids is 1. The Morgan fingerprint density at radius 1 is 1.00 bits per heavy atom. The van der Waals surface area contributed by atoms with Crippen LogP contribution < -0.4 is 15.8 Å². The Morgan fingerprint density at radius 3 is 2.65 bits per heavy atom. The Labute approximate surface area is 198 Å². The molecule has 0 atom stereocenters. The fourth-order valence-corrected chi connectivity index (χ4v) is 4.26. The number of benzene rings is 2. The van der Waals surface area contributed by atoms with E-state index in [4.69, 9.17) is 14.9 Å². The van der Waals surface area contributed by atoms with Crippen molar-refractivity contribution in [1.82, 2.24) is 9.88 Å². The van der Waals surface area contributed by atoms with Gasteiger partial charge in [-0.2, -0.15) is 0 Å². The smallest absolute Gasteiger partial charge is 0.291 e. The second-order valence-electron chi connectivity index (χ2n) is 8.55. The highest BCUT2D eigenvalue weighted by molar-refractivity contribution is 6.06. The topological polar surface area (TPSA) is 93.6 Å². The number of nitrogen functional groups attached to an aromatic ring is 1. The number of furan rings is 1. The molecule has 174 valence electrons. The van der Waals surface area contributed by atoms with E-state index in [0.29, 0.717) is 23.6 Å². The summed E-state index contributed by atoms with van der Waals surface area (Å²) in [5.41, 5.74) is 9.65. The van der Waals surface area contributed by atoms with Crippen LogP contribution in [0, 0.1) is 0 Å². The fraction of sp³-hybridized carbons (Fsp3) is 0.259. The van der Waals surface area contributed by atoms with Crippen LogP contribution in [-0.2, 0) is 0 Å². The standard InChI is InChI=1S/C27H28N4O3/c28-23-7-5-20(19-8-10-29-11-9-19)16-24(23)30-27(32)26-17-21-4-6-22(18-25(21)34-26)33-15-14-31-12-2-1-3-13-31/h4-11,16-18H,1-3,12-15,28H2,(H,30,32). The summed E-state index contributed by atoms with van der Waals surface area (Å²) in [5, 5.41) is 3.71. The maximum absolute atomic E-state index is 12.9. The molecule has 1 fully saturated rings. The van der Waals surface area contributed by atoms with Gasteiger partial charge in [-0.05, 0) is 79.5 Å². The summed E-state index contributed by atoms with van der Waals surface area (Å²) in [4.78, 5) is 19.4. The van der Waals surface area contributed by atoms with E-state index in [1.807, 2.05) is 42.5 Å². The molecule has 0 radical (unpaired) electrons. The number of amides is 1. The number of fused-ring (bicyclic) bond motifs is 1. The van der Waals surface area contributed by atoms with Gasteiger partial charge in [-0.1, -0.05) is 12.5 Å². The van der Waals surface area contributed by atoms with Gasteiger partial charge < -0.3 is 20.2 Å². The van der Waals surface area contributed by atoms with Crippen molar-refractivity contribution in [3.63, 3.8) is 0 Å². The third-order valence-corrected chi connectivity index (χ3v) is 6.16. The van der Waals surface area contributed by atoms with E-state index in [1.165, 1.54) is 19.3 Å². The third-order valence-electron chi connectivity index (χ3n) is 6.16. The van der Waals surface area contributed by atoms with E-state index in [0.717, 1.165) is 41.9 Å². The molecule has 1 aliphatic heterocycles. The van der Waals surface area contributed by atoms with Crippen molar-refractivity contribution < 1.29 is 13.9 Å². The second-order valence-corrected chi connectivity index (χ2v) is 8.55. The minimum atomic E-state index is -0.359. The average molecular weight is 457 g/mol. The minimum Gasteiger partial charge on any atom is -0.492 e. The summed E-state index contributed by atoms with van der Waals surface area (Å²) in [6, 6.07) is 16.7. The van der Waals surface area contributed by atoms with Gasteiger partial charge >= 0.3 is 0 Å². The molecule has 0 aliphatic carbocycles. The number of ether oxygens (including phenoxy) is 1. The maximum Gasteiger partial charge on any atom is 0.291 e. The zero-order valence-electron chi connectivity index (χ0n) is 19.0. The number of carbonyl (C=O) groups is 1. The molecule has 2 aromatic carbocycles. The number of aromatic nitrogens is 1. The molecule has 1 saturated heterocycles. The van der Waals surface area contributed by atoms with E-state index >= 15 is 0 Å². The van der Waals surface area contributed by atoms with E-state index in [1.54, 1.807) is 24.5 Å². The van der Waals surface area contributed by atoms with Crippen LogP contribution in [-0.4, -0.2) is 42.0 Å². The number of nitrogens with two attached hydrogens (primary N) is 1. The number of piperidine rings is 1. The summed E-state index contributed by atoms with van der Waals surface area (Å²) in [5.74, 6) is 0.594. The minimum absolute atomic E-state index is 0.217. The van der Waals surface area contributed by atoms with Gasteiger partial charge in [0.2, 0.25) is 0 Å². The fourth-order valence-electron chi connectivity index (χ4n) is 4.26. The molecule has 5 rings (SSSR count). The van der Waals surface area contributed by atoms with Gasteiger partial charge in [-0.15, -0.1) is 0 Å². The first-order chi connectivity index (χ1) is 16.7. The number of likely N-dealkylation sites (tertiary alicyclic amines) is 1. The molecule has 0 bridgehead atoms. The van der Waals surface area contributed by atoms with E-state index in [9.17, 15) is 4.79 Å². The number of nitrogens with one attached hydrogen (secondary N) is 1. The first kappa shape index (κ1) is 22.0. The molecule has 34 heavy (non-hydrogen) atoms. The van der Waals surface area contributed by atoms with Gasteiger partial charge in [0.1, 0.15) is 17.9 Å². The first-order valence-electron chi connectivity index (χ1n) is 11.7. The molecule has 0 saturated carbocycles. The van der Waals surface area contributed by atoms with E-state index < -0.39 is 0 Å². The lowest BCUT2D eigenvalue weighted by Gasteiger charge is -2.26. The summed E-state index contributed by atoms with van der Waals surface area (Å²) < 4.78 is 11.8. The highest BCUT2D eigenvalue weighted by Crippen LogP contribution is 2.29. The van der Waals surface area contributed by atoms with Crippen molar-refractivity contribution in [3.8, 4) is 16.9 Å². The van der Waals surface area contributed by atoms with Crippen LogP contribution in [0.3, 0.4) is 0 Å².